The zero-order valence-electron chi connectivity index (χ0n) is 40.5. The van der Waals surface area contributed by atoms with Gasteiger partial charge in [-0.3, -0.25) is 19.0 Å². The van der Waals surface area contributed by atoms with E-state index in [4.69, 9.17) is 28.5 Å². The molecule has 8 rings (SSSR count). The summed E-state index contributed by atoms with van der Waals surface area (Å²) in [5.74, 6) is 0.977. The van der Waals surface area contributed by atoms with Crippen molar-refractivity contribution >= 4 is 45.6 Å². The van der Waals surface area contributed by atoms with Gasteiger partial charge in [-0.2, -0.15) is 10.2 Å². The van der Waals surface area contributed by atoms with E-state index in [9.17, 15) is 9.59 Å². The van der Waals surface area contributed by atoms with Crippen LogP contribution in [0.2, 0.25) is 0 Å². The number of amides is 4. The SMILES string of the molecule is CC(C)(C)OC(=O)N[C@@H](CSSC[C@H](NC(=O)OC(C)(C)C)C(=O)N1CCn2nc(-c3ccco3)cc2C1CCc1ccccc1)C(=O)N1CCn2nc(-c3ccco3)cc2C1CCc1ccccc1. The van der Waals surface area contributed by atoms with Gasteiger partial charge in [-0.15, -0.1) is 0 Å². The second kappa shape index (κ2) is 22.1. The number of alkyl carbamates (subject to hydrolysis) is 2. The number of nitrogens with zero attached hydrogens (tertiary/aromatic N) is 6. The van der Waals surface area contributed by atoms with Crippen LogP contribution in [-0.2, 0) is 45.0 Å². The Kier molecular flexibility index (Phi) is 15.8. The molecule has 370 valence electrons. The zero-order valence-corrected chi connectivity index (χ0v) is 42.2. The average molecular weight is 991 g/mol. The van der Waals surface area contributed by atoms with E-state index in [1.165, 1.54) is 21.6 Å². The van der Waals surface area contributed by atoms with Gasteiger partial charge >= 0.3 is 12.2 Å². The summed E-state index contributed by atoms with van der Waals surface area (Å²) in [6.07, 6.45) is 4.38. The van der Waals surface area contributed by atoms with Crippen LogP contribution in [0.15, 0.2) is 118 Å². The summed E-state index contributed by atoms with van der Waals surface area (Å²) in [6, 6.07) is 28.8. The van der Waals surface area contributed by atoms with Gasteiger partial charge in [0.15, 0.2) is 11.5 Å². The van der Waals surface area contributed by atoms with E-state index in [0.29, 0.717) is 74.8 Å². The minimum atomic E-state index is -1.01. The van der Waals surface area contributed by atoms with Crippen LogP contribution >= 0.6 is 21.6 Å². The lowest BCUT2D eigenvalue weighted by Gasteiger charge is -2.38. The quantitative estimate of drug-likeness (QED) is 0.0654. The fourth-order valence-corrected chi connectivity index (χ4v) is 11.1. The molecule has 2 aliphatic rings. The summed E-state index contributed by atoms with van der Waals surface area (Å²) in [4.78, 5) is 60.6. The molecule has 0 saturated heterocycles. The lowest BCUT2D eigenvalue weighted by molar-refractivity contribution is -0.137. The summed E-state index contributed by atoms with van der Waals surface area (Å²) in [6.45, 7) is 12.2. The number of fused-ring (bicyclic) bond motifs is 2. The van der Waals surface area contributed by atoms with Gasteiger partial charge in [0.1, 0.15) is 34.7 Å². The molecule has 6 aromatic rings. The summed E-state index contributed by atoms with van der Waals surface area (Å²) in [5.41, 5.74) is 3.73. The Hall–Kier alpha value is -6.40. The van der Waals surface area contributed by atoms with Gasteiger partial charge in [-0.05, 0) is 115 Å². The predicted octanol–water partition coefficient (Wildman–Crippen LogP) is 9.50. The van der Waals surface area contributed by atoms with Crippen molar-refractivity contribution in [1.82, 2.24) is 40.0 Å². The largest absolute Gasteiger partial charge is 0.463 e. The van der Waals surface area contributed by atoms with Crippen LogP contribution < -0.4 is 10.6 Å². The van der Waals surface area contributed by atoms with Crippen LogP contribution in [0.25, 0.3) is 22.9 Å². The molecule has 0 saturated carbocycles. The molecule has 4 atom stereocenters. The van der Waals surface area contributed by atoms with Gasteiger partial charge in [-0.25, -0.2) is 9.59 Å². The maximum absolute atomic E-state index is 15.0. The number of rotatable bonds is 17. The van der Waals surface area contributed by atoms with Crippen LogP contribution in [0.5, 0.6) is 0 Å². The fraction of sp³-hybridized carbons (Fsp3) is 0.423. The highest BCUT2D eigenvalue weighted by atomic mass is 33.1. The van der Waals surface area contributed by atoms with Crippen molar-refractivity contribution in [2.24, 2.45) is 0 Å². The standard InChI is InChI=1S/C52H62N8O8S2/c1-51(2,3)67-49(63)53-39(47(61)57-25-27-59-43(31-37(55-59)45-19-13-29-65-45)41(57)23-21-35-15-9-7-10-16-35)33-69-70-34-40(54-50(64)68-52(4,5)6)48(62)58-26-28-60-44(32-38(56-60)46-20-14-30-66-46)42(58)24-22-36-17-11-8-12-18-36/h7-20,29-32,39-42H,21-28,33-34H2,1-6H3,(H,53,63)(H,54,64)/t39-,40-,41?,42?/m0/s1. The molecule has 18 heteroatoms. The first-order chi connectivity index (χ1) is 33.6. The number of nitrogens with one attached hydrogen (secondary N) is 2. The summed E-state index contributed by atoms with van der Waals surface area (Å²) >= 11 is 0. The number of furan rings is 2. The van der Waals surface area contributed by atoms with Crippen LogP contribution in [0.1, 0.15) is 89.0 Å². The second-order valence-corrected chi connectivity index (χ2v) is 22.0. The van der Waals surface area contributed by atoms with E-state index in [-0.39, 0.29) is 35.4 Å². The number of aryl methyl sites for hydroxylation is 2. The Labute approximate surface area is 416 Å². The van der Waals surface area contributed by atoms with Crippen LogP contribution in [0.3, 0.4) is 0 Å². The Balaban J connectivity index is 1.03. The summed E-state index contributed by atoms with van der Waals surface area (Å²) in [7, 11) is 2.65. The van der Waals surface area contributed by atoms with Crippen molar-refractivity contribution in [2.45, 2.75) is 116 Å². The van der Waals surface area contributed by atoms with Crippen molar-refractivity contribution in [3.05, 3.63) is 132 Å². The van der Waals surface area contributed by atoms with Crippen molar-refractivity contribution < 1.29 is 37.5 Å². The first-order valence-electron chi connectivity index (χ1n) is 23.7. The van der Waals surface area contributed by atoms with E-state index in [2.05, 4.69) is 34.9 Å². The fourth-order valence-electron chi connectivity index (χ4n) is 8.80. The third-order valence-electron chi connectivity index (χ3n) is 11.9. The summed E-state index contributed by atoms with van der Waals surface area (Å²) in [5, 5.41) is 15.5. The third-order valence-corrected chi connectivity index (χ3v) is 14.3. The van der Waals surface area contributed by atoms with E-state index >= 15 is 9.59 Å². The molecule has 70 heavy (non-hydrogen) atoms. The molecule has 2 aromatic carbocycles. The number of hydrogen-bond acceptors (Lipinski definition) is 12. The topological polar surface area (TPSA) is 179 Å². The highest BCUT2D eigenvalue weighted by Gasteiger charge is 2.39. The van der Waals surface area contributed by atoms with E-state index in [1.807, 2.05) is 92.0 Å². The van der Waals surface area contributed by atoms with E-state index in [1.54, 1.807) is 54.1 Å². The molecular formula is C52H62N8O8S2. The Bertz CT molecular complexity index is 2490. The molecule has 2 N–H and O–H groups in total. The van der Waals surface area contributed by atoms with Crippen LogP contribution in [-0.4, -0.2) is 101 Å². The van der Waals surface area contributed by atoms with Crippen molar-refractivity contribution in [2.75, 3.05) is 24.6 Å². The smallest absolute Gasteiger partial charge is 0.408 e. The van der Waals surface area contributed by atoms with E-state index < -0.39 is 35.5 Å². The minimum absolute atomic E-state index is 0.132. The maximum Gasteiger partial charge on any atom is 0.408 e. The van der Waals surface area contributed by atoms with Crippen LogP contribution in [0.4, 0.5) is 9.59 Å². The predicted molar refractivity (Wildman–Crippen MR) is 270 cm³/mol. The van der Waals surface area contributed by atoms with Crippen molar-refractivity contribution in [3.63, 3.8) is 0 Å². The van der Waals surface area contributed by atoms with Gasteiger partial charge in [-0.1, -0.05) is 82.3 Å². The molecule has 2 unspecified atom stereocenters. The Morgan fingerprint density at radius 2 is 1.00 bits per heavy atom. The lowest BCUT2D eigenvalue weighted by atomic mass is 9.99. The first kappa shape index (κ1) is 50.0. The normalized spacial score (nSPS) is 16.7. The van der Waals surface area contributed by atoms with Gasteiger partial charge < -0.3 is 38.7 Å². The summed E-state index contributed by atoms with van der Waals surface area (Å²) < 4.78 is 26.6. The molecule has 6 heterocycles. The highest BCUT2D eigenvalue weighted by Crippen LogP contribution is 2.37. The minimum Gasteiger partial charge on any atom is -0.463 e. The molecule has 16 nitrogen and oxygen atoms in total. The van der Waals surface area contributed by atoms with Gasteiger partial charge in [0.05, 0.1) is 49.1 Å². The molecule has 0 fully saturated rings. The van der Waals surface area contributed by atoms with Gasteiger partial charge in [0.2, 0.25) is 11.8 Å². The number of carbonyl (C=O) groups excluding carboxylic acids is 4. The highest BCUT2D eigenvalue weighted by molar-refractivity contribution is 8.76. The van der Waals surface area contributed by atoms with Crippen molar-refractivity contribution in [3.8, 4) is 22.9 Å². The first-order valence-corrected chi connectivity index (χ1v) is 26.2. The maximum atomic E-state index is 15.0. The number of ether oxygens (including phenoxy) is 2. The third kappa shape index (κ3) is 12.9. The van der Waals surface area contributed by atoms with Gasteiger partial charge in [0.25, 0.3) is 0 Å². The van der Waals surface area contributed by atoms with Crippen molar-refractivity contribution in [1.29, 1.82) is 0 Å². The number of carbonyl (C=O) groups is 4. The molecule has 0 aliphatic carbocycles. The number of aromatic nitrogens is 4. The molecule has 0 spiro atoms. The van der Waals surface area contributed by atoms with E-state index in [0.717, 1.165) is 22.5 Å². The number of hydrogen-bond donors (Lipinski definition) is 2. The molecule has 4 aromatic heterocycles. The lowest BCUT2D eigenvalue weighted by Crippen LogP contribution is -2.54. The molecular weight excluding hydrogens is 929 g/mol. The molecule has 4 amide bonds. The van der Waals surface area contributed by atoms with Gasteiger partial charge in [0, 0.05) is 24.6 Å². The Morgan fingerprint density at radius 1 is 0.600 bits per heavy atom. The zero-order chi connectivity index (χ0) is 49.4. The average Bonchev–Trinajstić information content (AvgIpc) is 4.17. The van der Waals surface area contributed by atoms with Crippen LogP contribution in [0, 0.1) is 0 Å². The number of benzene rings is 2. The molecule has 0 bridgehead atoms. The Morgan fingerprint density at radius 3 is 1.36 bits per heavy atom. The second-order valence-electron chi connectivity index (χ2n) is 19.4. The molecule has 2 aliphatic heterocycles. The monoisotopic (exact) mass is 990 g/mol. The molecule has 0 radical (unpaired) electrons.